The van der Waals surface area contributed by atoms with Crippen LogP contribution in [0.25, 0.3) is 0 Å². The molecule has 1 heterocycles. The van der Waals surface area contributed by atoms with Gasteiger partial charge < -0.3 is 9.47 Å². The van der Waals surface area contributed by atoms with Crippen molar-refractivity contribution in [2.45, 2.75) is 12.3 Å². The van der Waals surface area contributed by atoms with Crippen LogP contribution in [0.2, 0.25) is 0 Å². The van der Waals surface area contributed by atoms with Crippen LogP contribution < -0.4 is 4.74 Å². The maximum Gasteiger partial charge on any atom is 0.319 e. The molecule has 0 aromatic heterocycles. The molecular weight excluding hydrogens is 230 g/mol. The minimum atomic E-state index is -0.196. The van der Waals surface area contributed by atoms with Gasteiger partial charge in [0.25, 0.3) is 0 Å². The molecule has 1 aliphatic rings. The van der Waals surface area contributed by atoms with Gasteiger partial charge in [-0.25, -0.2) is 0 Å². The van der Waals surface area contributed by atoms with E-state index in [1.54, 1.807) is 0 Å². The number of rotatable bonds is 4. The Balaban J connectivity index is 2.00. The van der Waals surface area contributed by atoms with Crippen LogP contribution in [-0.2, 0) is 9.53 Å². The first-order valence-corrected chi connectivity index (χ1v) is 6.18. The molecule has 2 rings (SSSR count). The van der Waals surface area contributed by atoms with Gasteiger partial charge in [-0.1, -0.05) is 18.2 Å². The molecule has 0 amide bonds. The highest BCUT2D eigenvalue weighted by Gasteiger charge is 2.22. The minimum absolute atomic E-state index is 0.196. The van der Waals surface area contributed by atoms with E-state index in [2.05, 4.69) is 10.8 Å². The standard InChI is InChI=1S/C14H19NO3/c1-15(10-14(16)17-2)9-11-7-8-18-13-6-4-3-5-12(11)13/h3-6,11H,7-10H2,1-2H3. The third-order valence-electron chi connectivity index (χ3n) is 3.24. The van der Waals surface area contributed by atoms with Crippen molar-refractivity contribution < 1.29 is 14.3 Å². The van der Waals surface area contributed by atoms with E-state index in [1.807, 2.05) is 30.1 Å². The van der Waals surface area contributed by atoms with Crippen LogP contribution in [0.5, 0.6) is 5.75 Å². The Morgan fingerprint density at radius 3 is 3.06 bits per heavy atom. The number of nitrogens with zero attached hydrogens (tertiary/aromatic N) is 1. The lowest BCUT2D eigenvalue weighted by atomic mass is 9.93. The first-order chi connectivity index (χ1) is 8.70. The molecule has 4 heteroatoms. The van der Waals surface area contributed by atoms with Crippen molar-refractivity contribution in [3.8, 4) is 5.75 Å². The summed E-state index contributed by atoms with van der Waals surface area (Å²) in [6, 6.07) is 8.12. The number of fused-ring (bicyclic) bond motifs is 1. The topological polar surface area (TPSA) is 38.8 Å². The quantitative estimate of drug-likeness (QED) is 0.761. The van der Waals surface area contributed by atoms with Gasteiger partial charge in [-0.2, -0.15) is 0 Å². The van der Waals surface area contributed by atoms with Crippen LogP contribution in [0.3, 0.4) is 0 Å². The number of hydrogen-bond donors (Lipinski definition) is 0. The second-order valence-corrected chi connectivity index (χ2v) is 4.64. The number of likely N-dealkylation sites (N-methyl/N-ethyl adjacent to an activating group) is 1. The van der Waals surface area contributed by atoms with Crippen molar-refractivity contribution in [2.75, 3.05) is 33.9 Å². The van der Waals surface area contributed by atoms with Crippen LogP contribution >= 0.6 is 0 Å². The summed E-state index contributed by atoms with van der Waals surface area (Å²) < 4.78 is 10.3. The van der Waals surface area contributed by atoms with Crippen LogP contribution in [0, 0.1) is 0 Å². The average Bonchev–Trinajstić information content (AvgIpc) is 2.39. The van der Waals surface area contributed by atoms with Gasteiger partial charge in [0.15, 0.2) is 0 Å². The summed E-state index contributed by atoms with van der Waals surface area (Å²) in [4.78, 5) is 13.2. The predicted octanol–water partition coefficient (Wildman–Crippen LogP) is 1.66. The molecule has 98 valence electrons. The molecule has 0 bridgehead atoms. The van der Waals surface area contributed by atoms with Crippen molar-refractivity contribution in [1.29, 1.82) is 0 Å². The second-order valence-electron chi connectivity index (χ2n) is 4.64. The first kappa shape index (κ1) is 12.9. The van der Waals surface area contributed by atoms with Crippen molar-refractivity contribution in [1.82, 2.24) is 4.90 Å². The fourth-order valence-corrected chi connectivity index (χ4v) is 2.33. The molecule has 0 radical (unpaired) electrons. The summed E-state index contributed by atoms with van der Waals surface area (Å²) in [7, 11) is 3.36. The molecule has 1 unspecified atom stereocenters. The van der Waals surface area contributed by atoms with Gasteiger partial charge in [0, 0.05) is 12.5 Å². The largest absolute Gasteiger partial charge is 0.493 e. The molecule has 0 N–H and O–H groups in total. The van der Waals surface area contributed by atoms with Gasteiger partial charge in [-0.15, -0.1) is 0 Å². The predicted molar refractivity (Wildman–Crippen MR) is 68.8 cm³/mol. The molecule has 0 saturated heterocycles. The van der Waals surface area contributed by atoms with Gasteiger partial charge in [0.05, 0.1) is 20.3 Å². The van der Waals surface area contributed by atoms with Gasteiger partial charge in [-0.05, 0) is 25.1 Å². The minimum Gasteiger partial charge on any atom is -0.493 e. The van der Waals surface area contributed by atoms with E-state index in [1.165, 1.54) is 12.7 Å². The van der Waals surface area contributed by atoms with Gasteiger partial charge in [0.1, 0.15) is 5.75 Å². The summed E-state index contributed by atoms with van der Waals surface area (Å²) in [5.74, 6) is 1.20. The Kier molecular flexibility index (Phi) is 4.20. The number of hydrogen-bond acceptors (Lipinski definition) is 4. The highest BCUT2D eigenvalue weighted by molar-refractivity contribution is 5.71. The highest BCUT2D eigenvalue weighted by Crippen LogP contribution is 2.33. The molecule has 1 aromatic rings. The first-order valence-electron chi connectivity index (χ1n) is 6.18. The van der Waals surface area contributed by atoms with E-state index in [0.717, 1.165) is 25.3 Å². The monoisotopic (exact) mass is 249 g/mol. The lowest BCUT2D eigenvalue weighted by Crippen LogP contribution is -2.32. The molecular formula is C14H19NO3. The van der Waals surface area contributed by atoms with Crippen molar-refractivity contribution in [3.63, 3.8) is 0 Å². The van der Waals surface area contributed by atoms with Crippen LogP contribution in [-0.4, -0.2) is 44.7 Å². The summed E-state index contributed by atoms with van der Waals surface area (Å²) >= 11 is 0. The molecule has 18 heavy (non-hydrogen) atoms. The summed E-state index contributed by atoms with van der Waals surface area (Å²) in [5.41, 5.74) is 1.24. The zero-order chi connectivity index (χ0) is 13.0. The number of benzene rings is 1. The van der Waals surface area contributed by atoms with Gasteiger partial charge in [-0.3, -0.25) is 9.69 Å². The van der Waals surface area contributed by atoms with Crippen LogP contribution in [0.1, 0.15) is 17.9 Å². The van der Waals surface area contributed by atoms with Gasteiger partial charge >= 0.3 is 5.97 Å². The molecule has 0 spiro atoms. The van der Waals surface area contributed by atoms with Gasteiger partial charge in [0.2, 0.25) is 0 Å². The average molecular weight is 249 g/mol. The fraction of sp³-hybridized carbons (Fsp3) is 0.500. The van der Waals surface area contributed by atoms with E-state index >= 15 is 0 Å². The Morgan fingerprint density at radius 1 is 1.50 bits per heavy atom. The highest BCUT2D eigenvalue weighted by atomic mass is 16.5. The van der Waals surface area contributed by atoms with Crippen molar-refractivity contribution >= 4 is 5.97 Å². The normalized spacial score (nSPS) is 18.1. The SMILES string of the molecule is COC(=O)CN(C)CC1CCOc2ccccc21. The van der Waals surface area contributed by atoms with Crippen LogP contribution in [0.4, 0.5) is 0 Å². The second kappa shape index (κ2) is 5.87. The summed E-state index contributed by atoms with van der Waals surface area (Å²) in [6.07, 6.45) is 0.989. The Labute approximate surface area is 107 Å². The molecule has 1 atom stereocenters. The Bertz CT molecular complexity index is 419. The third-order valence-corrected chi connectivity index (χ3v) is 3.24. The lowest BCUT2D eigenvalue weighted by molar-refractivity contribution is -0.141. The number of methoxy groups -OCH3 is 1. The van der Waals surface area contributed by atoms with E-state index in [4.69, 9.17) is 4.74 Å². The molecule has 1 aromatic carbocycles. The third kappa shape index (κ3) is 3.01. The smallest absolute Gasteiger partial charge is 0.319 e. The molecule has 0 fully saturated rings. The fourth-order valence-electron chi connectivity index (χ4n) is 2.33. The Hall–Kier alpha value is -1.55. The van der Waals surface area contributed by atoms with Crippen molar-refractivity contribution in [3.05, 3.63) is 29.8 Å². The van der Waals surface area contributed by atoms with E-state index in [9.17, 15) is 4.79 Å². The zero-order valence-electron chi connectivity index (χ0n) is 10.9. The summed E-state index contributed by atoms with van der Waals surface area (Å²) in [6.45, 7) is 1.92. The van der Waals surface area contributed by atoms with E-state index in [0.29, 0.717) is 12.5 Å². The lowest BCUT2D eigenvalue weighted by Gasteiger charge is -2.29. The number of esters is 1. The molecule has 4 nitrogen and oxygen atoms in total. The van der Waals surface area contributed by atoms with Crippen molar-refractivity contribution in [2.24, 2.45) is 0 Å². The molecule has 1 aliphatic heterocycles. The van der Waals surface area contributed by atoms with E-state index < -0.39 is 0 Å². The number of carbonyl (C=O) groups excluding carboxylic acids is 1. The summed E-state index contributed by atoms with van der Waals surface area (Å²) in [5, 5.41) is 0. The zero-order valence-corrected chi connectivity index (χ0v) is 10.9. The number of carbonyl (C=O) groups is 1. The maximum absolute atomic E-state index is 11.2. The number of para-hydroxylation sites is 1. The molecule has 0 aliphatic carbocycles. The number of ether oxygens (including phenoxy) is 2. The Morgan fingerprint density at radius 2 is 2.28 bits per heavy atom. The van der Waals surface area contributed by atoms with E-state index in [-0.39, 0.29) is 5.97 Å². The van der Waals surface area contributed by atoms with Crippen LogP contribution in [0.15, 0.2) is 24.3 Å². The maximum atomic E-state index is 11.2. The molecule has 0 saturated carbocycles.